The Kier molecular flexibility index (Phi) is 6.23. The van der Waals surface area contributed by atoms with E-state index in [1.807, 2.05) is 6.92 Å². The summed E-state index contributed by atoms with van der Waals surface area (Å²) in [6.07, 6.45) is 2.51. The molecule has 1 unspecified atom stereocenters. The minimum absolute atomic E-state index is 0.282. The molecule has 1 aromatic carbocycles. The van der Waals surface area contributed by atoms with Crippen molar-refractivity contribution in [1.29, 1.82) is 0 Å². The Morgan fingerprint density at radius 2 is 1.86 bits per heavy atom. The Labute approximate surface area is 133 Å². The van der Waals surface area contributed by atoms with Gasteiger partial charge in [-0.2, -0.15) is 0 Å². The monoisotopic (exact) mass is 326 g/mol. The van der Waals surface area contributed by atoms with E-state index in [9.17, 15) is 8.42 Å². The highest BCUT2D eigenvalue weighted by atomic mass is 32.2. The molecule has 0 saturated carbocycles. The molecule has 0 bridgehead atoms. The van der Waals surface area contributed by atoms with Gasteiger partial charge in [-0.1, -0.05) is 6.92 Å². The van der Waals surface area contributed by atoms with E-state index in [1.165, 1.54) is 12.8 Å². The third-order valence-electron chi connectivity index (χ3n) is 3.84. The first-order valence-electron chi connectivity index (χ1n) is 7.96. The van der Waals surface area contributed by atoms with Gasteiger partial charge in [-0.3, -0.25) is 0 Å². The standard InChI is InChI=1S/C16H26N2O3S/c1-3-21-15-6-8-16(9-7-15)22(19,20)17-12-14(2)13-18-10-4-5-11-18/h6-9,14,17H,3-5,10-13H2,1-2H3. The van der Waals surface area contributed by atoms with E-state index >= 15 is 0 Å². The van der Waals surface area contributed by atoms with Gasteiger partial charge in [-0.05, 0) is 63.0 Å². The first kappa shape index (κ1) is 17.2. The predicted octanol–water partition coefficient (Wildman–Crippen LogP) is 2.10. The van der Waals surface area contributed by atoms with Crippen LogP contribution in [-0.2, 0) is 10.0 Å². The molecule has 1 N–H and O–H groups in total. The average Bonchev–Trinajstić information content (AvgIpc) is 2.99. The molecule has 22 heavy (non-hydrogen) atoms. The molecule has 1 aromatic rings. The maximum Gasteiger partial charge on any atom is 0.240 e. The average molecular weight is 326 g/mol. The molecule has 1 fully saturated rings. The predicted molar refractivity (Wildman–Crippen MR) is 87.6 cm³/mol. The summed E-state index contributed by atoms with van der Waals surface area (Å²) < 4.78 is 32.6. The number of ether oxygens (including phenoxy) is 1. The van der Waals surface area contributed by atoms with Crippen molar-refractivity contribution < 1.29 is 13.2 Å². The summed E-state index contributed by atoms with van der Waals surface area (Å²) in [4.78, 5) is 2.68. The number of likely N-dealkylation sites (tertiary alicyclic amines) is 1. The second kappa shape index (κ2) is 7.94. The van der Waals surface area contributed by atoms with Crippen molar-refractivity contribution in [2.24, 2.45) is 5.92 Å². The molecule has 2 rings (SSSR count). The molecule has 0 radical (unpaired) electrons. The minimum atomic E-state index is -3.44. The smallest absolute Gasteiger partial charge is 0.240 e. The summed E-state index contributed by atoms with van der Waals surface area (Å²) in [7, 11) is -3.44. The Balaban J connectivity index is 1.86. The number of nitrogens with one attached hydrogen (secondary N) is 1. The van der Waals surface area contributed by atoms with Crippen LogP contribution in [0.4, 0.5) is 0 Å². The molecule has 1 heterocycles. The lowest BCUT2D eigenvalue weighted by atomic mass is 10.2. The van der Waals surface area contributed by atoms with Gasteiger partial charge in [-0.15, -0.1) is 0 Å². The number of hydrogen-bond acceptors (Lipinski definition) is 4. The Hall–Kier alpha value is -1.11. The molecule has 5 nitrogen and oxygen atoms in total. The van der Waals surface area contributed by atoms with Gasteiger partial charge < -0.3 is 9.64 Å². The van der Waals surface area contributed by atoms with E-state index in [0.29, 0.717) is 24.8 Å². The van der Waals surface area contributed by atoms with Crippen molar-refractivity contribution in [2.75, 3.05) is 32.8 Å². The molecule has 0 spiro atoms. The Morgan fingerprint density at radius 3 is 2.45 bits per heavy atom. The Bertz CT molecular complexity index is 551. The van der Waals surface area contributed by atoms with Gasteiger partial charge in [0, 0.05) is 13.1 Å². The van der Waals surface area contributed by atoms with E-state index in [1.54, 1.807) is 24.3 Å². The van der Waals surface area contributed by atoms with Crippen LogP contribution >= 0.6 is 0 Å². The first-order valence-corrected chi connectivity index (χ1v) is 9.44. The number of hydrogen-bond donors (Lipinski definition) is 1. The van der Waals surface area contributed by atoms with Crippen LogP contribution in [0.1, 0.15) is 26.7 Å². The van der Waals surface area contributed by atoms with Crippen LogP contribution in [0.2, 0.25) is 0 Å². The van der Waals surface area contributed by atoms with Crippen LogP contribution in [0.15, 0.2) is 29.2 Å². The van der Waals surface area contributed by atoms with Crippen LogP contribution in [0.5, 0.6) is 5.75 Å². The molecular weight excluding hydrogens is 300 g/mol. The molecule has 124 valence electrons. The molecule has 1 aliphatic rings. The molecule has 1 atom stereocenters. The topological polar surface area (TPSA) is 58.6 Å². The molecule has 6 heteroatoms. The van der Waals surface area contributed by atoms with Crippen molar-refractivity contribution in [3.63, 3.8) is 0 Å². The molecule has 0 amide bonds. The summed E-state index contributed by atoms with van der Waals surface area (Å²) in [6.45, 7) is 8.23. The second-order valence-corrected chi connectivity index (χ2v) is 7.64. The number of nitrogens with zero attached hydrogens (tertiary/aromatic N) is 1. The highest BCUT2D eigenvalue weighted by molar-refractivity contribution is 7.89. The van der Waals surface area contributed by atoms with E-state index in [0.717, 1.165) is 19.6 Å². The van der Waals surface area contributed by atoms with E-state index in [2.05, 4.69) is 16.5 Å². The van der Waals surface area contributed by atoms with Gasteiger partial charge in [0.05, 0.1) is 11.5 Å². The van der Waals surface area contributed by atoms with Crippen molar-refractivity contribution >= 4 is 10.0 Å². The maximum atomic E-state index is 12.3. The van der Waals surface area contributed by atoms with E-state index in [-0.39, 0.29) is 4.90 Å². The van der Waals surface area contributed by atoms with E-state index < -0.39 is 10.0 Å². The van der Waals surface area contributed by atoms with Gasteiger partial charge in [0.25, 0.3) is 0 Å². The summed E-state index contributed by atoms with van der Waals surface area (Å²) in [5.74, 6) is 0.986. The normalized spacial score (nSPS) is 17.5. The van der Waals surface area contributed by atoms with Crippen molar-refractivity contribution in [3.8, 4) is 5.75 Å². The van der Waals surface area contributed by atoms with Gasteiger partial charge in [0.2, 0.25) is 10.0 Å². The molecular formula is C16H26N2O3S. The van der Waals surface area contributed by atoms with Crippen LogP contribution in [0.3, 0.4) is 0 Å². The van der Waals surface area contributed by atoms with Crippen molar-refractivity contribution in [2.45, 2.75) is 31.6 Å². The lowest BCUT2D eigenvalue weighted by Crippen LogP contribution is -2.34. The van der Waals surface area contributed by atoms with Crippen LogP contribution in [0.25, 0.3) is 0 Å². The zero-order chi connectivity index (χ0) is 16.0. The van der Waals surface area contributed by atoms with Crippen LogP contribution < -0.4 is 9.46 Å². The minimum Gasteiger partial charge on any atom is -0.494 e. The maximum absolute atomic E-state index is 12.3. The van der Waals surface area contributed by atoms with E-state index in [4.69, 9.17) is 4.74 Å². The highest BCUT2D eigenvalue weighted by Gasteiger charge is 2.18. The number of benzene rings is 1. The fourth-order valence-corrected chi connectivity index (χ4v) is 3.85. The fraction of sp³-hybridized carbons (Fsp3) is 0.625. The lowest BCUT2D eigenvalue weighted by Gasteiger charge is -2.20. The number of rotatable bonds is 8. The number of sulfonamides is 1. The largest absolute Gasteiger partial charge is 0.494 e. The van der Waals surface area contributed by atoms with Crippen LogP contribution in [0, 0.1) is 5.92 Å². The second-order valence-electron chi connectivity index (χ2n) is 5.87. The summed E-state index contributed by atoms with van der Waals surface area (Å²) in [5.41, 5.74) is 0. The SMILES string of the molecule is CCOc1ccc(S(=O)(=O)NCC(C)CN2CCCC2)cc1. The zero-order valence-corrected chi connectivity index (χ0v) is 14.2. The van der Waals surface area contributed by atoms with Gasteiger partial charge in [-0.25, -0.2) is 13.1 Å². The third kappa shape index (κ3) is 4.97. The molecule has 1 aliphatic heterocycles. The molecule has 0 aromatic heterocycles. The zero-order valence-electron chi connectivity index (χ0n) is 13.4. The van der Waals surface area contributed by atoms with Crippen LogP contribution in [-0.4, -0.2) is 46.1 Å². The summed E-state index contributed by atoms with van der Waals surface area (Å²) in [5, 5.41) is 0. The van der Waals surface area contributed by atoms with Gasteiger partial charge in [0.1, 0.15) is 5.75 Å². The van der Waals surface area contributed by atoms with Gasteiger partial charge in [0.15, 0.2) is 0 Å². The van der Waals surface area contributed by atoms with Gasteiger partial charge >= 0.3 is 0 Å². The quantitative estimate of drug-likeness (QED) is 0.795. The molecule has 1 saturated heterocycles. The first-order chi connectivity index (χ1) is 10.5. The van der Waals surface area contributed by atoms with Crippen molar-refractivity contribution in [3.05, 3.63) is 24.3 Å². The summed E-state index contributed by atoms with van der Waals surface area (Å²) >= 11 is 0. The fourth-order valence-electron chi connectivity index (χ4n) is 2.69. The van der Waals surface area contributed by atoms with Crippen molar-refractivity contribution in [1.82, 2.24) is 9.62 Å². The molecule has 0 aliphatic carbocycles. The summed E-state index contributed by atoms with van der Waals surface area (Å²) in [6, 6.07) is 6.54. The lowest BCUT2D eigenvalue weighted by molar-refractivity contribution is 0.288. The third-order valence-corrected chi connectivity index (χ3v) is 5.27. The highest BCUT2D eigenvalue weighted by Crippen LogP contribution is 2.16. The Morgan fingerprint density at radius 1 is 1.23 bits per heavy atom.